The molecule has 0 amide bonds. The van der Waals surface area contributed by atoms with Crippen molar-refractivity contribution in [1.82, 2.24) is 9.47 Å². The number of pyridine rings is 1. The minimum atomic E-state index is -0.407. The number of para-hydroxylation sites is 1. The minimum absolute atomic E-state index is 0.00319. The topological polar surface area (TPSA) is 57.9 Å². The van der Waals surface area contributed by atoms with Crippen molar-refractivity contribution in [2.45, 2.75) is 19.5 Å². The summed E-state index contributed by atoms with van der Waals surface area (Å²) in [5.74, 6) is -0.237. The fraction of sp³-hybridized carbons (Fsp3) is 0.346. The molecule has 1 aromatic heterocycles. The zero-order chi connectivity index (χ0) is 23.4. The van der Waals surface area contributed by atoms with Gasteiger partial charge in [-0.25, -0.2) is 4.39 Å². The van der Waals surface area contributed by atoms with Gasteiger partial charge in [-0.05, 0) is 30.7 Å². The molecule has 1 aliphatic heterocycles. The maximum Gasteiger partial charge on any atom is 0.259 e. The number of anilines is 1. The Morgan fingerprint density at radius 1 is 1.03 bits per heavy atom. The molecule has 0 radical (unpaired) electrons. The van der Waals surface area contributed by atoms with E-state index in [4.69, 9.17) is 4.74 Å². The van der Waals surface area contributed by atoms with E-state index in [-0.39, 0.29) is 17.1 Å². The zero-order valence-electron chi connectivity index (χ0n) is 19.1. The molecule has 174 valence electrons. The van der Waals surface area contributed by atoms with Crippen molar-refractivity contribution in [3.8, 4) is 5.75 Å². The van der Waals surface area contributed by atoms with Gasteiger partial charge < -0.3 is 19.3 Å². The van der Waals surface area contributed by atoms with E-state index < -0.39 is 6.04 Å². The molecule has 1 fully saturated rings. The standard InChI is InChI=1S/C26H30FN3O3/c1-19-18-23(31)24(26(32)30(19)16-17-33-2)25(20-8-4-3-5-9-20)29-14-12-28(13-15-29)22-11-7-6-10-21(22)27/h3-11,18,25,31H,12-17H2,1-2H3/t25-/m0/s1. The largest absolute Gasteiger partial charge is 0.507 e. The number of benzene rings is 2. The number of halogens is 1. The van der Waals surface area contributed by atoms with Crippen molar-refractivity contribution < 1.29 is 14.2 Å². The van der Waals surface area contributed by atoms with Crippen LogP contribution in [0.1, 0.15) is 22.9 Å². The summed E-state index contributed by atoms with van der Waals surface area (Å²) >= 11 is 0. The van der Waals surface area contributed by atoms with Gasteiger partial charge in [0.25, 0.3) is 5.56 Å². The van der Waals surface area contributed by atoms with Crippen LogP contribution in [-0.2, 0) is 11.3 Å². The van der Waals surface area contributed by atoms with Gasteiger partial charge in [0.1, 0.15) is 11.6 Å². The van der Waals surface area contributed by atoms with Crippen molar-refractivity contribution in [1.29, 1.82) is 0 Å². The number of piperazine rings is 1. The van der Waals surface area contributed by atoms with Crippen LogP contribution in [0.5, 0.6) is 5.75 Å². The first kappa shape index (κ1) is 23.0. The smallest absolute Gasteiger partial charge is 0.259 e. The van der Waals surface area contributed by atoms with Gasteiger partial charge in [0, 0.05) is 45.5 Å². The van der Waals surface area contributed by atoms with Gasteiger partial charge >= 0.3 is 0 Å². The number of hydrogen-bond donors (Lipinski definition) is 1. The highest BCUT2D eigenvalue weighted by Crippen LogP contribution is 2.34. The average molecular weight is 452 g/mol. The van der Waals surface area contributed by atoms with Gasteiger partial charge in [-0.2, -0.15) is 0 Å². The Kier molecular flexibility index (Phi) is 7.11. The lowest BCUT2D eigenvalue weighted by Crippen LogP contribution is -2.49. The van der Waals surface area contributed by atoms with E-state index in [1.54, 1.807) is 29.9 Å². The lowest BCUT2D eigenvalue weighted by atomic mass is 9.96. The summed E-state index contributed by atoms with van der Waals surface area (Å²) in [4.78, 5) is 17.8. The molecule has 1 aliphatic rings. The number of aromatic hydroxyl groups is 1. The maximum absolute atomic E-state index is 14.3. The molecule has 0 spiro atoms. The Morgan fingerprint density at radius 3 is 2.36 bits per heavy atom. The van der Waals surface area contributed by atoms with Crippen LogP contribution in [0.25, 0.3) is 0 Å². The molecule has 4 rings (SSSR count). The van der Waals surface area contributed by atoms with Crippen LogP contribution < -0.4 is 10.5 Å². The molecular formula is C26H30FN3O3. The first-order valence-electron chi connectivity index (χ1n) is 11.2. The Balaban J connectivity index is 1.70. The Labute approximate surface area is 193 Å². The van der Waals surface area contributed by atoms with Crippen molar-refractivity contribution in [2.75, 3.05) is 44.8 Å². The molecule has 0 bridgehead atoms. The van der Waals surface area contributed by atoms with Crippen molar-refractivity contribution in [3.63, 3.8) is 0 Å². The number of nitrogens with zero attached hydrogens (tertiary/aromatic N) is 3. The first-order valence-corrected chi connectivity index (χ1v) is 11.2. The summed E-state index contributed by atoms with van der Waals surface area (Å²) in [5.41, 5.74) is 2.37. The molecule has 1 atom stereocenters. The van der Waals surface area contributed by atoms with Crippen molar-refractivity contribution in [3.05, 3.63) is 93.7 Å². The normalized spacial score (nSPS) is 15.5. The molecule has 3 aromatic rings. The van der Waals surface area contributed by atoms with Crippen molar-refractivity contribution in [2.24, 2.45) is 0 Å². The molecule has 1 saturated heterocycles. The monoisotopic (exact) mass is 451 g/mol. The fourth-order valence-corrected chi connectivity index (χ4v) is 4.61. The predicted molar refractivity (Wildman–Crippen MR) is 127 cm³/mol. The molecule has 2 heterocycles. The molecule has 0 saturated carbocycles. The predicted octanol–water partition coefficient (Wildman–Crippen LogP) is 3.56. The van der Waals surface area contributed by atoms with E-state index >= 15 is 0 Å². The number of hydrogen-bond acceptors (Lipinski definition) is 5. The maximum atomic E-state index is 14.3. The van der Waals surface area contributed by atoms with Crippen LogP contribution in [0.2, 0.25) is 0 Å². The van der Waals surface area contributed by atoms with Gasteiger partial charge in [0.05, 0.1) is 23.9 Å². The van der Waals surface area contributed by atoms with Crippen LogP contribution in [0.3, 0.4) is 0 Å². The highest BCUT2D eigenvalue weighted by molar-refractivity contribution is 5.48. The van der Waals surface area contributed by atoms with Crippen LogP contribution >= 0.6 is 0 Å². The van der Waals surface area contributed by atoms with E-state index in [9.17, 15) is 14.3 Å². The second-order valence-corrected chi connectivity index (χ2v) is 8.32. The van der Waals surface area contributed by atoms with E-state index in [2.05, 4.69) is 4.90 Å². The summed E-state index contributed by atoms with van der Waals surface area (Å²) in [5, 5.41) is 10.9. The molecule has 2 aromatic carbocycles. The van der Waals surface area contributed by atoms with Gasteiger partial charge in [0.15, 0.2) is 0 Å². The van der Waals surface area contributed by atoms with Crippen LogP contribution in [0.15, 0.2) is 65.5 Å². The van der Waals surface area contributed by atoms with Crippen molar-refractivity contribution >= 4 is 5.69 Å². The van der Waals surface area contributed by atoms with Gasteiger partial charge in [0.2, 0.25) is 0 Å². The summed E-state index contributed by atoms with van der Waals surface area (Å²) in [6, 6.07) is 17.8. The van der Waals surface area contributed by atoms with Gasteiger partial charge in [-0.3, -0.25) is 9.69 Å². The summed E-state index contributed by atoms with van der Waals surface area (Å²) in [6.07, 6.45) is 0. The molecule has 6 nitrogen and oxygen atoms in total. The zero-order valence-corrected chi connectivity index (χ0v) is 19.1. The lowest BCUT2D eigenvalue weighted by Gasteiger charge is -2.40. The quantitative estimate of drug-likeness (QED) is 0.595. The molecule has 33 heavy (non-hydrogen) atoms. The van der Waals surface area contributed by atoms with Crippen LogP contribution in [0.4, 0.5) is 10.1 Å². The number of rotatable bonds is 7. The molecule has 1 N–H and O–H groups in total. The first-order chi connectivity index (χ1) is 16.0. The summed E-state index contributed by atoms with van der Waals surface area (Å²) < 4.78 is 21.1. The van der Waals surface area contributed by atoms with E-state index in [0.29, 0.717) is 56.3 Å². The molecule has 0 unspecified atom stereocenters. The number of aromatic nitrogens is 1. The SMILES string of the molecule is COCCn1c(C)cc(O)c([C@H](c2ccccc2)N2CCN(c3ccccc3F)CC2)c1=O. The van der Waals surface area contributed by atoms with E-state index in [1.165, 1.54) is 6.07 Å². The molecular weight excluding hydrogens is 421 g/mol. The van der Waals surface area contributed by atoms with E-state index in [0.717, 1.165) is 5.56 Å². The summed E-state index contributed by atoms with van der Waals surface area (Å²) in [7, 11) is 1.60. The van der Waals surface area contributed by atoms with Crippen LogP contribution in [0, 0.1) is 12.7 Å². The molecule has 0 aliphatic carbocycles. The fourth-order valence-electron chi connectivity index (χ4n) is 4.61. The Hall–Kier alpha value is -3.16. The van der Waals surface area contributed by atoms with Gasteiger partial charge in [-0.1, -0.05) is 42.5 Å². The molecule has 7 heteroatoms. The number of methoxy groups -OCH3 is 1. The third-order valence-electron chi connectivity index (χ3n) is 6.30. The van der Waals surface area contributed by atoms with Gasteiger partial charge in [-0.15, -0.1) is 0 Å². The lowest BCUT2D eigenvalue weighted by molar-refractivity contribution is 0.183. The third kappa shape index (κ3) is 4.79. The average Bonchev–Trinajstić information content (AvgIpc) is 2.83. The Morgan fingerprint density at radius 2 is 1.70 bits per heavy atom. The van der Waals surface area contributed by atoms with E-state index in [1.807, 2.05) is 48.2 Å². The third-order valence-corrected chi connectivity index (χ3v) is 6.30. The number of aryl methyl sites for hydroxylation is 1. The second-order valence-electron chi connectivity index (χ2n) is 8.32. The highest BCUT2D eigenvalue weighted by atomic mass is 19.1. The summed E-state index contributed by atoms with van der Waals surface area (Å²) in [6.45, 7) is 5.12. The highest BCUT2D eigenvalue weighted by Gasteiger charge is 2.31. The second kappa shape index (κ2) is 10.2. The van der Waals surface area contributed by atoms with Crippen LogP contribution in [-0.4, -0.2) is 54.5 Å². The minimum Gasteiger partial charge on any atom is -0.507 e. The number of ether oxygens (including phenoxy) is 1. The Bertz CT molecular complexity index is 1140.